The molecule has 0 atom stereocenters. The van der Waals surface area contributed by atoms with Gasteiger partial charge in [0.15, 0.2) is 18.1 Å². The monoisotopic (exact) mass is 274 g/mol. The average Bonchev–Trinajstić information content (AvgIpc) is 2.08. The maximum Gasteiger partial charge on any atom is 0.163 e. The molecule has 0 aliphatic carbocycles. The highest BCUT2D eigenvalue weighted by Gasteiger charge is 2.27. The number of rotatable bonds is 6. The van der Waals surface area contributed by atoms with Crippen molar-refractivity contribution in [3.05, 3.63) is 0 Å². The molecule has 3 heteroatoms. The molecule has 0 saturated carbocycles. The zero-order valence-corrected chi connectivity index (χ0v) is 15.7. The van der Waals surface area contributed by atoms with E-state index in [0.717, 1.165) is 0 Å². The minimum atomic E-state index is -1.02. The van der Waals surface area contributed by atoms with Crippen LogP contribution < -0.4 is 0 Å². The highest BCUT2D eigenvalue weighted by molar-refractivity contribution is 6.66. The molecule has 17 heavy (non-hydrogen) atoms. The average molecular weight is 275 g/mol. The predicted molar refractivity (Wildman–Crippen MR) is 84.9 cm³/mol. The normalized spacial score (nSPS) is 13.8. The van der Waals surface area contributed by atoms with E-state index in [1.54, 1.807) is 0 Å². The van der Waals surface area contributed by atoms with E-state index >= 15 is 0 Å². The lowest BCUT2D eigenvalue weighted by atomic mass is 10.00. The minimum absolute atomic E-state index is 0.433. The molecule has 0 aromatic carbocycles. The Morgan fingerprint density at radius 2 is 1.06 bits per heavy atom. The van der Waals surface area contributed by atoms with Gasteiger partial charge in [-0.15, -0.1) is 0 Å². The van der Waals surface area contributed by atoms with Crippen LogP contribution in [-0.4, -0.2) is 18.1 Å². The Kier molecular flexibility index (Phi) is 7.26. The van der Waals surface area contributed by atoms with E-state index in [4.69, 9.17) is 4.12 Å². The van der Waals surface area contributed by atoms with Gasteiger partial charge < -0.3 is 4.12 Å². The zero-order valence-electron chi connectivity index (χ0n) is 13.4. The van der Waals surface area contributed by atoms with Crippen molar-refractivity contribution in [3.8, 4) is 0 Å². The second-order valence-corrected chi connectivity index (χ2v) is 13.8. The summed E-state index contributed by atoms with van der Waals surface area (Å²) in [6.45, 7) is 18.7. The maximum absolute atomic E-state index is 6.58. The second-order valence-electron chi connectivity index (χ2n) is 7.73. The lowest BCUT2D eigenvalue weighted by molar-refractivity contribution is 0.403. The van der Waals surface area contributed by atoms with Gasteiger partial charge in [-0.2, -0.15) is 0 Å². The van der Waals surface area contributed by atoms with Crippen molar-refractivity contribution in [3.63, 3.8) is 0 Å². The lowest BCUT2D eigenvalue weighted by Gasteiger charge is -2.32. The zero-order chi connectivity index (χ0) is 13.7. The molecule has 0 fully saturated rings. The van der Waals surface area contributed by atoms with Crippen molar-refractivity contribution in [2.24, 2.45) is 10.8 Å². The van der Waals surface area contributed by atoms with Crippen molar-refractivity contribution in [2.45, 2.75) is 79.6 Å². The highest BCUT2D eigenvalue weighted by Crippen LogP contribution is 2.30. The summed E-state index contributed by atoms with van der Waals surface area (Å²) < 4.78 is 6.58. The van der Waals surface area contributed by atoms with E-state index in [0.29, 0.717) is 10.8 Å². The van der Waals surface area contributed by atoms with Crippen molar-refractivity contribution in [2.75, 3.05) is 0 Å². The van der Waals surface area contributed by atoms with E-state index in [1.165, 1.54) is 24.2 Å². The molecule has 104 valence electrons. The van der Waals surface area contributed by atoms with Crippen molar-refractivity contribution in [1.82, 2.24) is 0 Å². The SMILES string of the molecule is CC[SiH](CC)O[SiH](CC(C)(C)C)CC(C)(C)C. The fourth-order valence-electron chi connectivity index (χ4n) is 2.29. The molecule has 0 aromatic heterocycles. The van der Waals surface area contributed by atoms with Crippen LogP contribution in [0.3, 0.4) is 0 Å². The van der Waals surface area contributed by atoms with Gasteiger partial charge in [-0.3, -0.25) is 0 Å². The quantitative estimate of drug-likeness (QED) is 0.644. The Balaban J connectivity index is 4.50. The van der Waals surface area contributed by atoms with Gasteiger partial charge in [0.25, 0.3) is 0 Å². The van der Waals surface area contributed by atoms with Crippen LogP contribution in [0.15, 0.2) is 0 Å². The van der Waals surface area contributed by atoms with Gasteiger partial charge in [0, 0.05) is 0 Å². The Morgan fingerprint density at radius 3 is 1.29 bits per heavy atom. The summed E-state index contributed by atoms with van der Waals surface area (Å²) >= 11 is 0. The molecule has 0 rings (SSSR count). The first-order valence-electron chi connectivity index (χ1n) is 7.23. The fourth-order valence-corrected chi connectivity index (χ4v) is 10.2. The van der Waals surface area contributed by atoms with Gasteiger partial charge in [0.2, 0.25) is 0 Å². The highest BCUT2D eigenvalue weighted by atomic mass is 28.4. The molecule has 0 bridgehead atoms. The Labute approximate surface area is 113 Å². The van der Waals surface area contributed by atoms with Crippen LogP contribution in [0.2, 0.25) is 24.2 Å². The summed E-state index contributed by atoms with van der Waals surface area (Å²) in [7, 11) is -1.88. The van der Waals surface area contributed by atoms with Crippen molar-refractivity contribution < 1.29 is 4.12 Å². The number of hydrogen-bond donors (Lipinski definition) is 0. The van der Waals surface area contributed by atoms with Crippen LogP contribution in [0, 0.1) is 10.8 Å². The summed E-state index contributed by atoms with van der Waals surface area (Å²) in [6, 6.07) is 5.25. The minimum Gasteiger partial charge on any atom is -0.460 e. The van der Waals surface area contributed by atoms with Crippen molar-refractivity contribution >= 4 is 18.1 Å². The molecule has 0 heterocycles. The molecule has 0 aliphatic heterocycles. The third-order valence-electron chi connectivity index (χ3n) is 2.98. The second kappa shape index (κ2) is 7.10. The fraction of sp³-hybridized carbons (Fsp3) is 1.00. The van der Waals surface area contributed by atoms with Crippen LogP contribution in [0.1, 0.15) is 55.4 Å². The van der Waals surface area contributed by atoms with Gasteiger partial charge in [-0.05, 0) is 35.0 Å². The Morgan fingerprint density at radius 1 is 0.706 bits per heavy atom. The Hall–Kier alpha value is 0.394. The third kappa shape index (κ3) is 10.0. The van der Waals surface area contributed by atoms with Crippen LogP contribution in [0.4, 0.5) is 0 Å². The van der Waals surface area contributed by atoms with Gasteiger partial charge in [0.1, 0.15) is 0 Å². The summed E-state index contributed by atoms with van der Waals surface area (Å²) in [4.78, 5) is 0. The summed E-state index contributed by atoms with van der Waals surface area (Å²) in [5.74, 6) is 0. The first-order chi connectivity index (χ1) is 7.57. The first-order valence-corrected chi connectivity index (χ1v) is 11.4. The smallest absolute Gasteiger partial charge is 0.163 e. The van der Waals surface area contributed by atoms with Crippen molar-refractivity contribution in [1.29, 1.82) is 0 Å². The maximum atomic E-state index is 6.58. The van der Waals surface area contributed by atoms with Gasteiger partial charge in [-0.25, -0.2) is 0 Å². The van der Waals surface area contributed by atoms with Crippen LogP contribution in [0.25, 0.3) is 0 Å². The topological polar surface area (TPSA) is 9.23 Å². The molecule has 0 unspecified atom stereocenters. The largest absolute Gasteiger partial charge is 0.460 e. The molecular weight excluding hydrogens is 240 g/mol. The molecule has 0 aromatic rings. The van der Waals surface area contributed by atoms with Crippen LogP contribution >= 0.6 is 0 Å². The Bertz CT molecular complexity index is 183. The van der Waals surface area contributed by atoms with E-state index in [2.05, 4.69) is 55.4 Å². The van der Waals surface area contributed by atoms with Gasteiger partial charge in [-0.1, -0.05) is 55.4 Å². The van der Waals surface area contributed by atoms with Crippen LogP contribution in [-0.2, 0) is 4.12 Å². The van der Waals surface area contributed by atoms with E-state index in [9.17, 15) is 0 Å². The van der Waals surface area contributed by atoms with Gasteiger partial charge >= 0.3 is 0 Å². The van der Waals surface area contributed by atoms with E-state index in [1.807, 2.05) is 0 Å². The summed E-state index contributed by atoms with van der Waals surface area (Å²) in [5, 5.41) is 0. The van der Waals surface area contributed by atoms with Gasteiger partial charge in [0.05, 0.1) is 0 Å². The summed E-state index contributed by atoms with van der Waals surface area (Å²) in [5.41, 5.74) is 0.866. The lowest BCUT2D eigenvalue weighted by Crippen LogP contribution is -2.34. The molecule has 0 amide bonds. The molecule has 0 spiro atoms. The van der Waals surface area contributed by atoms with E-state index < -0.39 is 18.1 Å². The molecule has 1 nitrogen and oxygen atoms in total. The van der Waals surface area contributed by atoms with E-state index in [-0.39, 0.29) is 0 Å². The third-order valence-corrected chi connectivity index (χ3v) is 11.2. The number of hydrogen-bond acceptors (Lipinski definition) is 1. The molecule has 0 radical (unpaired) electrons. The standard InChI is InChI=1S/C14H34OSi2/c1-9-16(10-2)15-17(11-13(3,4)5)12-14(6,7)8/h16-17H,9-12H2,1-8H3. The molecule has 0 aliphatic rings. The molecule has 0 saturated heterocycles. The molecular formula is C14H34OSi2. The molecule has 0 N–H and O–H groups in total. The first kappa shape index (κ1) is 17.4. The van der Waals surface area contributed by atoms with Crippen LogP contribution in [0.5, 0.6) is 0 Å². The summed E-state index contributed by atoms with van der Waals surface area (Å²) in [6.07, 6.45) is 0. The predicted octanol–water partition coefficient (Wildman–Crippen LogP) is 4.58.